The third-order valence-corrected chi connectivity index (χ3v) is 3.12. The fraction of sp³-hybridized carbons (Fsp3) is 0.412. The molecule has 0 unspecified atom stereocenters. The summed E-state index contributed by atoms with van der Waals surface area (Å²) in [6, 6.07) is 10.4. The molecule has 0 bridgehead atoms. The highest BCUT2D eigenvalue weighted by Gasteiger charge is 2.06. The molecule has 0 aliphatic carbocycles. The summed E-state index contributed by atoms with van der Waals surface area (Å²) in [4.78, 5) is 9.33. The van der Waals surface area contributed by atoms with E-state index in [0.29, 0.717) is 0 Å². The number of hydrogen-bond donors (Lipinski definition) is 1. The highest BCUT2D eigenvalue weighted by molar-refractivity contribution is 5.58. The number of nitrogens with one attached hydrogen (secondary N) is 1. The average Bonchev–Trinajstić information content (AvgIpc) is 2.45. The molecule has 0 saturated heterocycles. The molecule has 0 fully saturated rings. The van der Waals surface area contributed by atoms with Crippen LogP contribution in [0.3, 0.4) is 0 Å². The summed E-state index contributed by atoms with van der Waals surface area (Å²) >= 11 is 0. The van der Waals surface area contributed by atoms with Crippen molar-refractivity contribution in [2.24, 2.45) is 0 Å². The van der Waals surface area contributed by atoms with Gasteiger partial charge in [-0.3, -0.25) is 0 Å². The number of rotatable bonds is 6. The molecule has 2 rings (SSSR count). The van der Waals surface area contributed by atoms with Gasteiger partial charge in [0.15, 0.2) is 5.82 Å². The molecule has 3 heteroatoms. The largest absolute Gasteiger partial charge is 0.370 e. The fourth-order valence-electron chi connectivity index (χ4n) is 2.14. The van der Waals surface area contributed by atoms with Crippen molar-refractivity contribution in [3.8, 4) is 11.4 Å². The van der Waals surface area contributed by atoms with Crippen LogP contribution in [0, 0.1) is 6.92 Å². The molecule has 20 heavy (non-hydrogen) atoms. The first-order valence-electron chi connectivity index (χ1n) is 7.41. The minimum absolute atomic E-state index is 0.818. The second-order valence-electron chi connectivity index (χ2n) is 5.11. The molecule has 1 N–H and O–H groups in total. The minimum atomic E-state index is 0.818. The minimum Gasteiger partial charge on any atom is -0.370 e. The van der Waals surface area contributed by atoms with Crippen LogP contribution in [0.2, 0.25) is 0 Å². The molecular weight excluding hydrogens is 246 g/mol. The van der Waals surface area contributed by atoms with Gasteiger partial charge < -0.3 is 5.32 Å². The van der Waals surface area contributed by atoms with Gasteiger partial charge in [0.25, 0.3) is 0 Å². The molecule has 106 valence electrons. The van der Waals surface area contributed by atoms with Crippen molar-refractivity contribution >= 4 is 5.82 Å². The van der Waals surface area contributed by atoms with Crippen LogP contribution >= 0.6 is 0 Å². The number of benzene rings is 1. The van der Waals surface area contributed by atoms with Gasteiger partial charge in [0.2, 0.25) is 0 Å². The SMILES string of the molecule is CCCNc1cc(CCC)nc(-c2cccc(C)c2)n1. The zero-order chi connectivity index (χ0) is 14.4. The van der Waals surface area contributed by atoms with E-state index in [1.165, 1.54) is 5.56 Å². The summed E-state index contributed by atoms with van der Waals surface area (Å²) in [5.74, 6) is 1.75. The van der Waals surface area contributed by atoms with Gasteiger partial charge >= 0.3 is 0 Å². The maximum absolute atomic E-state index is 4.69. The first-order valence-corrected chi connectivity index (χ1v) is 7.41. The number of anilines is 1. The van der Waals surface area contributed by atoms with E-state index < -0.39 is 0 Å². The van der Waals surface area contributed by atoms with E-state index in [4.69, 9.17) is 4.98 Å². The lowest BCUT2D eigenvalue weighted by atomic mass is 10.1. The predicted octanol–water partition coefficient (Wildman–Crippen LogP) is 4.23. The smallest absolute Gasteiger partial charge is 0.161 e. The molecular formula is C17H23N3. The third-order valence-electron chi connectivity index (χ3n) is 3.12. The molecule has 0 amide bonds. The predicted molar refractivity (Wildman–Crippen MR) is 85.0 cm³/mol. The normalized spacial score (nSPS) is 10.6. The Kier molecular flexibility index (Phi) is 5.10. The van der Waals surface area contributed by atoms with Gasteiger partial charge in [-0.05, 0) is 25.8 Å². The maximum Gasteiger partial charge on any atom is 0.161 e. The van der Waals surface area contributed by atoms with E-state index in [-0.39, 0.29) is 0 Å². The first-order chi connectivity index (χ1) is 9.72. The van der Waals surface area contributed by atoms with Crippen LogP contribution in [0.5, 0.6) is 0 Å². The van der Waals surface area contributed by atoms with Crippen molar-refractivity contribution < 1.29 is 0 Å². The van der Waals surface area contributed by atoms with Gasteiger partial charge in [0, 0.05) is 23.9 Å². The van der Waals surface area contributed by atoms with E-state index in [1.54, 1.807) is 0 Å². The molecule has 0 radical (unpaired) electrons. The fourth-order valence-corrected chi connectivity index (χ4v) is 2.14. The van der Waals surface area contributed by atoms with Crippen LogP contribution < -0.4 is 5.32 Å². The lowest BCUT2D eigenvalue weighted by Crippen LogP contribution is -2.05. The van der Waals surface area contributed by atoms with Crippen molar-refractivity contribution in [1.29, 1.82) is 0 Å². The van der Waals surface area contributed by atoms with Gasteiger partial charge in [-0.25, -0.2) is 9.97 Å². The monoisotopic (exact) mass is 269 g/mol. The van der Waals surface area contributed by atoms with Crippen molar-refractivity contribution in [2.75, 3.05) is 11.9 Å². The van der Waals surface area contributed by atoms with Crippen LogP contribution in [-0.4, -0.2) is 16.5 Å². The zero-order valence-corrected chi connectivity index (χ0v) is 12.6. The van der Waals surface area contributed by atoms with Gasteiger partial charge in [0.05, 0.1) is 0 Å². The maximum atomic E-state index is 4.69. The zero-order valence-electron chi connectivity index (χ0n) is 12.6. The summed E-state index contributed by atoms with van der Waals surface area (Å²) in [7, 11) is 0. The number of hydrogen-bond acceptors (Lipinski definition) is 3. The van der Waals surface area contributed by atoms with E-state index >= 15 is 0 Å². The highest BCUT2D eigenvalue weighted by Crippen LogP contribution is 2.19. The molecule has 0 saturated carbocycles. The lowest BCUT2D eigenvalue weighted by Gasteiger charge is -2.09. The first kappa shape index (κ1) is 14.5. The van der Waals surface area contributed by atoms with Gasteiger partial charge in [-0.15, -0.1) is 0 Å². The molecule has 0 atom stereocenters. The highest BCUT2D eigenvalue weighted by atomic mass is 15.0. The number of nitrogens with zero attached hydrogens (tertiary/aromatic N) is 2. The molecule has 1 aromatic carbocycles. The molecule has 3 nitrogen and oxygen atoms in total. The van der Waals surface area contributed by atoms with Gasteiger partial charge in [-0.1, -0.05) is 44.0 Å². The van der Waals surface area contributed by atoms with Crippen molar-refractivity contribution in [2.45, 2.75) is 40.0 Å². The number of aromatic nitrogens is 2. The summed E-state index contributed by atoms with van der Waals surface area (Å²) in [5, 5.41) is 3.37. The summed E-state index contributed by atoms with van der Waals surface area (Å²) < 4.78 is 0. The standard InChI is InChI=1S/C17H23N3/c1-4-7-15-12-16(18-10-5-2)20-17(19-15)14-9-6-8-13(3)11-14/h6,8-9,11-12H,4-5,7,10H2,1-3H3,(H,18,19,20). The van der Waals surface area contributed by atoms with Gasteiger partial charge in [-0.2, -0.15) is 0 Å². The lowest BCUT2D eigenvalue weighted by molar-refractivity contribution is 0.872. The second kappa shape index (κ2) is 7.04. The third kappa shape index (κ3) is 3.80. The molecule has 2 aromatic rings. The van der Waals surface area contributed by atoms with Gasteiger partial charge in [0.1, 0.15) is 5.82 Å². The Morgan fingerprint density at radius 1 is 1.05 bits per heavy atom. The second-order valence-corrected chi connectivity index (χ2v) is 5.11. The topological polar surface area (TPSA) is 37.8 Å². The van der Waals surface area contributed by atoms with Crippen molar-refractivity contribution in [3.05, 3.63) is 41.6 Å². The summed E-state index contributed by atoms with van der Waals surface area (Å²) in [6.07, 6.45) is 3.17. The Bertz CT molecular complexity index is 564. The van der Waals surface area contributed by atoms with E-state index in [1.807, 2.05) is 0 Å². The van der Waals surface area contributed by atoms with Crippen LogP contribution in [0.15, 0.2) is 30.3 Å². The van der Waals surface area contributed by atoms with Crippen molar-refractivity contribution in [3.63, 3.8) is 0 Å². The Morgan fingerprint density at radius 3 is 2.60 bits per heavy atom. The Labute approximate surface area is 121 Å². The van der Waals surface area contributed by atoms with E-state index in [9.17, 15) is 0 Å². The molecule has 1 heterocycles. The molecule has 0 aliphatic rings. The molecule has 0 spiro atoms. The van der Waals surface area contributed by atoms with E-state index in [2.05, 4.69) is 61.4 Å². The molecule has 1 aromatic heterocycles. The van der Waals surface area contributed by atoms with Crippen LogP contribution in [0.25, 0.3) is 11.4 Å². The van der Waals surface area contributed by atoms with E-state index in [0.717, 1.165) is 48.7 Å². The summed E-state index contributed by atoms with van der Waals surface area (Å²) in [5.41, 5.74) is 3.43. The van der Waals surface area contributed by atoms with Crippen molar-refractivity contribution in [1.82, 2.24) is 9.97 Å². The van der Waals surface area contributed by atoms with Crippen LogP contribution in [0.4, 0.5) is 5.82 Å². The van der Waals surface area contributed by atoms with Crippen LogP contribution in [0.1, 0.15) is 37.9 Å². The number of aryl methyl sites for hydroxylation is 2. The average molecular weight is 269 g/mol. The quantitative estimate of drug-likeness (QED) is 0.853. The Morgan fingerprint density at radius 2 is 1.90 bits per heavy atom. The summed E-state index contributed by atoms with van der Waals surface area (Å²) in [6.45, 7) is 7.36. The Hall–Kier alpha value is -1.90. The molecule has 0 aliphatic heterocycles. The Balaban J connectivity index is 2.37. The van der Waals surface area contributed by atoms with Crippen LogP contribution in [-0.2, 0) is 6.42 Å².